The van der Waals surface area contributed by atoms with Gasteiger partial charge in [0.05, 0.1) is 0 Å². The predicted molar refractivity (Wildman–Crippen MR) is 44.9 cm³/mol. The first-order valence-electron chi connectivity index (χ1n) is 4.32. The molecule has 1 heteroatoms. The van der Waals surface area contributed by atoms with Gasteiger partial charge in [-0.25, -0.2) is 0 Å². The highest BCUT2D eigenvalue weighted by molar-refractivity contribution is 5.06. The van der Waals surface area contributed by atoms with Crippen LogP contribution in [0.2, 0.25) is 0 Å². The van der Waals surface area contributed by atoms with Crippen molar-refractivity contribution in [1.29, 1.82) is 0 Å². The van der Waals surface area contributed by atoms with E-state index in [4.69, 9.17) is 0 Å². The van der Waals surface area contributed by atoms with Gasteiger partial charge < -0.3 is 4.90 Å². The van der Waals surface area contributed by atoms with Gasteiger partial charge in [0.2, 0.25) is 0 Å². The molecule has 1 aliphatic heterocycles. The monoisotopic (exact) mass is 139 g/mol. The lowest BCUT2D eigenvalue weighted by atomic mass is 10.3. The molecule has 0 saturated heterocycles. The van der Waals surface area contributed by atoms with Crippen molar-refractivity contribution >= 4 is 0 Å². The Hall–Kier alpha value is -0.460. The molecule has 1 heterocycles. The fourth-order valence-electron chi connectivity index (χ4n) is 1.55. The lowest BCUT2D eigenvalue weighted by Gasteiger charge is -2.20. The predicted octanol–water partition coefficient (Wildman–Crippen LogP) is 2.40. The Morgan fingerprint density at radius 3 is 2.90 bits per heavy atom. The van der Waals surface area contributed by atoms with Crippen LogP contribution in [0.25, 0.3) is 0 Å². The summed E-state index contributed by atoms with van der Waals surface area (Å²) in [6.07, 6.45) is 6.12. The number of hydrogen-bond donors (Lipinski definition) is 0. The summed E-state index contributed by atoms with van der Waals surface area (Å²) >= 11 is 0. The molecule has 1 nitrogen and oxygen atoms in total. The summed E-state index contributed by atoms with van der Waals surface area (Å²) in [6.45, 7) is 6.99. The third-order valence-electron chi connectivity index (χ3n) is 2.04. The van der Waals surface area contributed by atoms with E-state index in [-0.39, 0.29) is 0 Å². The van der Waals surface area contributed by atoms with Crippen LogP contribution in [0.1, 0.15) is 33.1 Å². The fraction of sp³-hybridized carbons (Fsp3) is 0.778. The summed E-state index contributed by atoms with van der Waals surface area (Å²) < 4.78 is 0. The Labute approximate surface area is 63.7 Å². The molecule has 0 radical (unpaired) electrons. The molecule has 10 heavy (non-hydrogen) atoms. The van der Waals surface area contributed by atoms with E-state index in [0.29, 0.717) is 0 Å². The minimum Gasteiger partial charge on any atom is -0.375 e. The van der Waals surface area contributed by atoms with Crippen LogP contribution < -0.4 is 0 Å². The third-order valence-corrected chi connectivity index (χ3v) is 2.04. The van der Waals surface area contributed by atoms with Gasteiger partial charge >= 0.3 is 0 Å². The van der Waals surface area contributed by atoms with Crippen molar-refractivity contribution in [3.63, 3.8) is 0 Å². The molecular weight excluding hydrogens is 122 g/mol. The highest BCUT2D eigenvalue weighted by Gasteiger charge is 2.10. The van der Waals surface area contributed by atoms with Gasteiger partial charge in [-0.15, -0.1) is 0 Å². The summed E-state index contributed by atoms with van der Waals surface area (Å²) in [7, 11) is 0. The van der Waals surface area contributed by atoms with Gasteiger partial charge in [0.25, 0.3) is 0 Å². The first-order chi connectivity index (χ1) is 4.88. The molecule has 0 aliphatic carbocycles. The van der Waals surface area contributed by atoms with Crippen molar-refractivity contribution in [3.8, 4) is 0 Å². The zero-order chi connectivity index (χ0) is 7.40. The third kappa shape index (κ3) is 1.53. The minimum atomic E-state index is 1.21. The largest absolute Gasteiger partial charge is 0.375 e. The van der Waals surface area contributed by atoms with Crippen LogP contribution in [-0.2, 0) is 0 Å². The van der Waals surface area contributed by atoms with Crippen molar-refractivity contribution in [3.05, 3.63) is 11.8 Å². The van der Waals surface area contributed by atoms with Crippen LogP contribution in [-0.4, -0.2) is 18.0 Å². The molecule has 1 rings (SSSR count). The van der Waals surface area contributed by atoms with Crippen molar-refractivity contribution in [2.45, 2.75) is 33.1 Å². The maximum atomic E-state index is 2.50. The maximum absolute atomic E-state index is 2.50. The van der Waals surface area contributed by atoms with E-state index >= 15 is 0 Å². The molecule has 0 bridgehead atoms. The normalized spacial score (nSPS) is 17.8. The second kappa shape index (κ2) is 3.65. The Balaban J connectivity index is 2.38. The van der Waals surface area contributed by atoms with E-state index in [1.54, 1.807) is 5.70 Å². The fourth-order valence-corrected chi connectivity index (χ4v) is 1.55. The summed E-state index contributed by atoms with van der Waals surface area (Å²) in [5.41, 5.74) is 1.56. The summed E-state index contributed by atoms with van der Waals surface area (Å²) in [4.78, 5) is 2.50. The topological polar surface area (TPSA) is 3.24 Å². The average molecular weight is 139 g/mol. The van der Waals surface area contributed by atoms with Gasteiger partial charge in [0.15, 0.2) is 0 Å². The summed E-state index contributed by atoms with van der Waals surface area (Å²) in [5.74, 6) is 0. The SMILES string of the molecule is CCCN1CCC=C1CC. The van der Waals surface area contributed by atoms with Crippen LogP contribution in [0.3, 0.4) is 0 Å². The zero-order valence-corrected chi connectivity index (χ0v) is 7.06. The molecule has 0 fully saturated rings. The summed E-state index contributed by atoms with van der Waals surface area (Å²) in [6, 6.07) is 0. The molecule has 0 aromatic rings. The first kappa shape index (κ1) is 7.64. The minimum absolute atomic E-state index is 1.21. The molecule has 58 valence electrons. The number of hydrogen-bond acceptors (Lipinski definition) is 1. The van der Waals surface area contributed by atoms with E-state index in [9.17, 15) is 0 Å². The number of allylic oxidation sites excluding steroid dienone is 1. The highest BCUT2D eigenvalue weighted by atomic mass is 15.1. The average Bonchev–Trinajstić information content (AvgIpc) is 2.36. The van der Waals surface area contributed by atoms with Crippen molar-refractivity contribution in [1.82, 2.24) is 4.90 Å². The van der Waals surface area contributed by atoms with E-state index in [2.05, 4.69) is 24.8 Å². The summed E-state index contributed by atoms with van der Waals surface area (Å²) in [5, 5.41) is 0. The lowest BCUT2D eigenvalue weighted by molar-refractivity contribution is 0.367. The second-order valence-electron chi connectivity index (χ2n) is 2.82. The Kier molecular flexibility index (Phi) is 2.79. The highest BCUT2D eigenvalue weighted by Crippen LogP contribution is 2.17. The lowest BCUT2D eigenvalue weighted by Crippen LogP contribution is -2.19. The Bertz CT molecular complexity index is 127. The Morgan fingerprint density at radius 2 is 2.30 bits per heavy atom. The zero-order valence-electron chi connectivity index (χ0n) is 7.06. The molecule has 0 aromatic heterocycles. The Morgan fingerprint density at radius 1 is 1.50 bits per heavy atom. The smallest absolute Gasteiger partial charge is 0.0210 e. The van der Waals surface area contributed by atoms with Gasteiger partial charge in [0.1, 0.15) is 0 Å². The van der Waals surface area contributed by atoms with Crippen molar-refractivity contribution in [2.24, 2.45) is 0 Å². The molecule has 0 saturated carbocycles. The van der Waals surface area contributed by atoms with Crippen LogP contribution >= 0.6 is 0 Å². The van der Waals surface area contributed by atoms with Crippen LogP contribution in [0.4, 0.5) is 0 Å². The molecule has 0 unspecified atom stereocenters. The van der Waals surface area contributed by atoms with Crippen LogP contribution in [0.5, 0.6) is 0 Å². The molecular formula is C9H17N. The molecule has 0 atom stereocenters. The van der Waals surface area contributed by atoms with Gasteiger partial charge in [-0.3, -0.25) is 0 Å². The van der Waals surface area contributed by atoms with E-state index < -0.39 is 0 Å². The number of nitrogens with zero attached hydrogens (tertiary/aromatic N) is 1. The second-order valence-corrected chi connectivity index (χ2v) is 2.82. The van der Waals surface area contributed by atoms with Gasteiger partial charge in [-0.05, 0) is 19.3 Å². The van der Waals surface area contributed by atoms with Crippen molar-refractivity contribution in [2.75, 3.05) is 13.1 Å². The van der Waals surface area contributed by atoms with E-state index in [1.165, 1.54) is 32.4 Å². The van der Waals surface area contributed by atoms with Crippen LogP contribution in [0, 0.1) is 0 Å². The van der Waals surface area contributed by atoms with E-state index in [0.717, 1.165) is 0 Å². The van der Waals surface area contributed by atoms with Gasteiger partial charge in [-0.1, -0.05) is 19.9 Å². The molecule has 0 N–H and O–H groups in total. The first-order valence-corrected chi connectivity index (χ1v) is 4.32. The molecule has 0 aromatic carbocycles. The van der Waals surface area contributed by atoms with Gasteiger partial charge in [-0.2, -0.15) is 0 Å². The quantitative estimate of drug-likeness (QED) is 0.580. The van der Waals surface area contributed by atoms with Gasteiger partial charge in [0, 0.05) is 18.8 Å². The molecule has 0 spiro atoms. The molecule has 1 aliphatic rings. The number of rotatable bonds is 3. The molecule has 0 amide bonds. The van der Waals surface area contributed by atoms with Crippen LogP contribution in [0.15, 0.2) is 11.8 Å². The standard InChI is InChI=1S/C9H17N/c1-3-7-10-8-5-6-9(10)4-2/h6H,3-5,7-8H2,1-2H3. The van der Waals surface area contributed by atoms with E-state index in [1.807, 2.05) is 0 Å². The van der Waals surface area contributed by atoms with Crippen molar-refractivity contribution < 1.29 is 0 Å². The maximum Gasteiger partial charge on any atom is 0.0210 e.